The van der Waals surface area contributed by atoms with Crippen LogP contribution in [0, 0.1) is 22.9 Å². The number of ether oxygens (including phenoxy) is 1. The minimum Gasteiger partial charge on any atom is -0.449 e. The van der Waals surface area contributed by atoms with E-state index < -0.39 is 35.0 Å². The first-order valence-corrected chi connectivity index (χ1v) is 5.39. The smallest absolute Gasteiger partial charge is 0.407 e. The lowest BCUT2D eigenvalue weighted by Crippen LogP contribution is -2.47. The molecule has 0 aliphatic carbocycles. The zero-order chi connectivity index (χ0) is 13.5. The van der Waals surface area contributed by atoms with E-state index in [0.717, 1.165) is 6.07 Å². The Morgan fingerprint density at radius 1 is 1.32 bits per heavy atom. The second-order valence-electron chi connectivity index (χ2n) is 4.93. The van der Waals surface area contributed by atoms with Crippen molar-refractivity contribution in [1.29, 1.82) is 0 Å². The molecule has 0 unspecified atom stereocenters. The number of alkyl carbamates (subject to hydrolysis) is 1. The first kappa shape index (κ1) is 15.6. The van der Waals surface area contributed by atoms with Gasteiger partial charge in [-0.1, -0.05) is 13.8 Å². The first-order chi connectivity index (χ1) is 8.31. The highest BCUT2D eigenvalue weighted by molar-refractivity contribution is 5.85. The number of hydrogen-bond acceptors (Lipinski definition) is 2. The van der Waals surface area contributed by atoms with Crippen LogP contribution < -0.4 is 5.32 Å². The van der Waals surface area contributed by atoms with Gasteiger partial charge in [-0.05, 0) is 6.07 Å². The standard InChI is InChI=1S/C12H12F3NO2.ClH/c1-12(2)5-18-11(17)16-10(12)7-3-6(13)4-8(14)9(7)15;/h3-4,10H,5H2,1-2H3,(H,16,17);1H/t10-;/m1./s1. The Bertz CT molecular complexity index is 508. The lowest BCUT2D eigenvalue weighted by Gasteiger charge is -2.38. The maximum Gasteiger partial charge on any atom is 0.407 e. The Balaban J connectivity index is 0.00000180. The highest BCUT2D eigenvalue weighted by Gasteiger charge is 2.40. The molecular formula is C12H13ClF3NO2. The van der Waals surface area contributed by atoms with Gasteiger partial charge in [-0.25, -0.2) is 18.0 Å². The van der Waals surface area contributed by atoms with Crippen molar-refractivity contribution >= 4 is 18.5 Å². The molecule has 7 heteroatoms. The van der Waals surface area contributed by atoms with Crippen molar-refractivity contribution in [3.05, 3.63) is 35.1 Å². The molecule has 2 rings (SSSR count). The van der Waals surface area contributed by atoms with Crippen molar-refractivity contribution in [3.63, 3.8) is 0 Å². The maximum atomic E-state index is 13.7. The maximum absolute atomic E-state index is 13.7. The number of rotatable bonds is 1. The zero-order valence-corrected chi connectivity index (χ0v) is 11.1. The summed E-state index contributed by atoms with van der Waals surface area (Å²) >= 11 is 0. The van der Waals surface area contributed by atoms with Crippen LogP contribution in [0.1, 0.15) is 25.5 Å². The average Bonchev–Trinajstić information content (AvgIpc) is 2.27. The van der Waals surface area contributed by atoms with E-state index in [1.165, 1.54) is 0 Å². The molecule has 106 valence electrons. The molecule has 1 aromatic carbocycles. The number of cyclic esters (lactones) is 1. The summed E-state index contributed by atoms with van der Waals surface area (Å²) in [4.78, 5) is 11.2. The van der Waals surface area contributed by atoms with Gasteiger partial charge in [-0.15, -0.1) is 12.4 Å². The van der Waals surface area contributed by atoms with Crippen LogP contribution in [0.15, 0.2) is 12.1 Å². The second-order valence-corrected chi connectivity index (χ2v) is 4.93. The van der Waals surface area contributed by atoms with Gasteiger partial charge in [0.15, 0.2) is 11.6 Å². The van der Waals surface area contributed by atoms with Gasteiger partial charge in [0.1, 0.15) is 12.4 Å². The van der Waals surface area contributed by atoms with Gasteiger partial charge in [0.25, 0.3) is 0 Å². The fourth-order valence-corrected chi connectivity index (χ4v) is 1.97. The van der Waals surface area contributed by atoms with Crippen LogP contribution in [0.2, 0.25) is 0 Å². The average molecular weight is 296 g/mol. The van der Waals surface area contributed by atoms with Crippen LogP contribution in [0.5, 0.6) is 0 Å². The van der Waals surface area contributed by atoms with Crippen molar-refractivity contribution in [2.75, 3.05) is 6.61 Å². The van der Waals surface area contributed by atoms with E-state index in [-0.39, 0.29) is 24.6 Å². The largest absolute Gasteiger partial charge is 0.449 e. The highest BCUT2D eigenvalue weighted by atomic mass is 35.5. The number of amides is 1. The molecule has 1 N–H and O–H groups in total. The monoisotopic (exact) mass is 295 g/mol. The molecule has 0 radical (unpaired) electrons. The molecule has 0 aromatic heterocycles. The lowest BCUT2D eigenvalue weighted by atomic mass is 9.80. The van der Waals surface area contributed by atoms with E-state index in [1.54, 1.807) is 13.8 Å². The van der Waals surface area contributed by atoms with Gasteiger partial charge >= 0.3 is 6.09 Å². The van der Waals surface area contributed by atoms with Crippen molar-refractivity contribution in [1.82, 2.24) is 5.32 Å². The summed E-state index contributed by atoms with van der Waals surface area (Å²) in [7, 11) is 0. The van der Waals surface area contributed by atoms with E-state index in [0.29, 0.717) is 6.07 Å². The number of benzene rings is 1. The van der Waals surface area contributed by atoms with Crippen LogP contribution >= 0.6 is 12.4 Å². The predicted molar refractivity (Wildman–Crippen MR) is 64.6 cm³/mol. The molecule has 1 aliphatic heterocycles. The molecule has 0 bridgehead atoms. The van der Waals surface area contributed by atoms with Crippen LogP contribution in [0.4, 0.5) is 18.0 Å². The normalized spacial score (nSPS) is 21.1. The third-order valence-corrected chi connectivity index (χ3v) is 2.95. The third-order valence-electron chi connectivity index (χ3n) is 2.95. The summed E-state index contributed by atoms with van der Waals surface area (Å²) in [5.41, 5.74) is -0.885. The second kappa shape index (κ2) is 5.28. The first-order valence-electron chi connectivity index (χ1n) is 5.39. The van der Waals surface area contributed by atoms with E-state index in [9.17, 15) is 18.0 Å². The Morgan fingerprint density at radius 3 is 2.58 bits per heavy atom. The Labute approximate surface area is 114 Å². The van der Waals surface area contributed by atoms with Crippen molar-refractivity contribution < 1.29 is 22.7 Å². The topological polar surface area (TPSA) is 38.3 Å². The Morgan fingerprint density at radius 2 is 1.95 bits per heavy atom. The van der Waals surface area contributed by atoms with Crippen LogP contribution in [-0.4, -0.2) is 12.7 Å². The van der Waals surface area contributed by atoms with Crippen molar-refractivity contribution in [3.8, 4) is 0 Å². The van der Waals surface area contributed by atoms with Gasteiger partial charge in [0.05, 0.1) is 6.04 Å². The molecule has 1 aliphatic rings. The predicted octanol–water partition coefficient (Wildman–Crippen LogP) is 3.33. The van der Waals surface area contributed by atoms with Crippen LogP contribution in [0.3, 0.4) is 0 Å². The summed E-state index contributed by atoms with van der Waals surface area (Å²) in [6.45, 7) is 3.46. The fourth-order valence-electron chi connectivity index (χ4n) is 1.97. The van der Waals surface area contributed by atoms with Crippen LogP contribution in [-0.2, 0) is 4.74 Å². The molecule has 1 fully saturated rings. The van der Waals surface area contributed by atoms with Gasteiger partial charge in [-0.3, -0.25) is 0 Å². The number of halogens is 4. The third kappa shape index (κ3) is 2.94. The molecule has 1 heterocycles. The molecule has 1 aromatic rings. The lowest BCUT2D eigenvalue weighted by molar-refractivity contribution is 0.0375. The number of carbonyl (C=O) groups excluding carboxylic acids is 1. The fraction of sp³-hybridized carbons (Fsp3) is 0.417. The van der Waals surface area contributed by atoms with E-state index >= 15 is 0 Å². The minimum absolute atomic E-state index is 0. The van der Waals surface area contributed by atoms with Gasteiger partial charge in [-0.2, -0.15) is 0 Å². The summed E-state index contributed by atoms with van der Waals surface area (Å²) in [6, 6.07) is 0.507. The highest BCUT2D eigenvalue weighted by Crippen LogP contribution is 2.38. The van der Waals surface area contributed by atoms with Crippen molar-refractivity contribution in [2.24, 2.45) is 5.41 Å². The zero-order valence-electron chi connectivity index (χ0n) is 10.3. The number of hydrogen-bond donors (Lipinski definition) is 1. The molecule has 1 amide bonds. The molecule has 19 heavy (non-hydrogen) atoms. The molecular weight excluding hydrogens is 283 g/mol. The van der Waals surface area contributed by atoms with Gasteiger partial charge in [0.2, 0.25) is 0 Å². The molecule has 0 spiro atoms. The van der Waals surface area contributed by atoms with Crippen LogP contribution in [0.25, 0.3) is 0 Å². The number of carbonyl (C=O) groups is 1. The Hall–Kier alpha value is -1.43. The van der Waals surface area contributed by atoms with E-state index in [1.807, 2.05) is 0 Å². The Kier molecular flexibility index (Phi) is 4.35. The molecule has 3 nitrogen and oxygen atoms in total. The summed E-state index contributed by atoms with van der Waals surface area (Å²) in [6.07, 6.45) is -0.733. The quantitative estimate of drug-likeness (QED) is 0.807. The SMILES string of the molecule is CC1(C)COC(=O)N[C@@H]1c1cc(F)cc(F)c1F.Cl. The van der Waals surface area contributed by atoms with Gasteiger partial charge < -0.3 is 10.1 Å². The van der Waals surface area contributed by atoms with E-state index in [2.05, 4.69) is 5.32 Å². The summed E-state index contributed by atoms with van der Waals surface area (Å²) in [5.74, 6) is -3.32. The summed E-state index contributed by atoms with van der Waals surface area (Å²) < 4.78 is 44.8. The number of nitrogens with one attached hydrogen (secondary N) is 1. The minimum atomic E-state index is -1.28. The molecule has 1 atom stereocenters. The summed E-state index contributed by atoms with van der Waals surface area (Å²) in [5, 5.41) is 2.38. The molecule has 1 saturated heterocycles. The van der Waals surface area contributed by atoms with Gasteiger partial charge in [0, 0.05) is 17.0 Å². The molecule has 0 saturated carbocycles. The van der Waals surface area contributed by atoms with E-state index in [4.69, 9.17) is 4.74 Å². The van der Waals surface area contributed by atoms with Crippen molar-refractivity contribution in [2.45, 2.75) is 19.9 Å².